The van der Waals surface area contributed by atoms with Gasteiger partial charge in [0, 0.05) is 6.04 Å². The first kappa shape index (κ1) is 19.2. The van der Waals surface area contributed by atoms with Crippen LogP contribution in [0.3, 0.4) is 0 Å². The van der Waals surface area contributed by atoms with Crippen molar-refractivity contribution < 1.29 is 9.18 Å². The van der Waals surface area contributed by atoms with Gasteiger partial charge >= 0.3 is 0 Å². The fourth-order valence-electron chi connectivity index (χ4n) is 2.44. The van der Waals surface area contributed by atoms with E-state index in [2.05, 4.69) is 26.2 Å². The molecule has 1 aromatic heterocycles. The molecule has 1 unspecified atom stereocenters. The number of rotatable bonds is 6. The van der Waals surface area contributed by atoms with Gasteiger partial charge in [-0.25, -0.2) is 9.07 Å². The lowest BCUT2D eigenvalue weighted by Gasteiger charge is -2.16. The first-order valence-electron chi connectivity index (χ1n) is 7.95. The largest absolute Gasteiger partial charge is 0.322 e. The summed E-state index contributed by atoms with van der Waals surface area (Å²) < 4.78 is 15.4. The van der Waals surface area contributed by atoms with Gasteiger partial charge in [0.05, 0.1) is 28.0 Å². The van der Waals surface area contributed by atoms with Gasteiger partial charge in [0.15, 0.2) is 0 Å². The lowest BCUT2D eigenvalue weighted by molar-refractivity contribution is -0.115. The van der Waals surface area contributed by atoms with Gasteiger partial charge < -0.3 is 10.6 Å². The highest BCUT2D eigenvalue weighted by Crippen LogP contribution is 2.29. The molecule has 1 atom stereocenters. The average molecular weight is 409 g/mol. The van der Waals surface area contributed by atoms with Crippen molar-refractivity contribution in [3.8, 4) is 5.69 Å². The molecule has 0 radical (unpaired) electrons. The molecular formula is C17H15Cl2FN6O. The van der Waals surface area contributed by atoms with Gasteiger partial charge in [0.2, 0.25) is 5.91 Å². The van der Waals surface area contributed by atoms with E-state index in [1.807, 2.05) is 13.0 Å². The molecule has 1 heterocycles. The van der Waals surface area contributed by atoms with Crippen LogP contribution in [-0.2, 0) is 4.79 Å². The van der Waals surface area contributed by atoms with E-state index < -0.39 is 11.7 Å². The second-order valence-electron chi connectivity index (χ2n) is 5.71. The van der Waals surface area contributed by atoms with Crippen LogP contribution in [0.25, 0.3) is 5.69 Å². The number of benzene rings is 2. The second-order valence-corrected chi connectivity index (χ2v) is 6.50. The molecule has 0 fully saturated rings. The molecule has 140 valence electrons. The smallest absolute Gasteiger partial charge is 0.238 e. The molecule has 0 bridgehead atoms. The van der Waals surface area contributed by atoms with Crippen molar-refractivity contribution >= 4 is 34.8 Å². The Morgan fingerprint density at radius 3 is 2.85 bits per heavy atom. The Kier molecular flexibility index (Phi) is 6.00. The molecule has 0 aliphatic rings. The SMILES string of the molecule is CC(NCC(=O)Nc1cc(-n2cnnn2)ccc1F)c1cccc(Cl)c1Cl. The van der Waals surface area contributed by atoms with Gasteiger partial charge in [-0.2, -0.15) is 0 Å². The van der Waals surface area contributed by atoms with Gasteiger partial charge in [0.1, 0.15) is 12.1 Å². The topological polar surface area (TPSA) is 84.7 Å². The summed E-state index contributed by atoms with van der Waals surface area (Å²) in [5.41, 5.74) is 1.32. The Labute approximate surface area is 164 Å². The fraction of sp³-hybridized carbons (Fsp3) is 0.176. The standard InChI is InChI=1S/C17H15Cl2FN6O/c1-10(12-3-2-4-13(18)17(12)19)21-8-16(27)23-15-7-11(5-6-14(15)20)26-9-22-24-25-26/h2-7,9-10,21H,8H2,1H3,(H,23,27). The molecule has 1 amide bonds. The van der Waals surface area contributed by atoms with Crippen LogP contribution in [0, 0.1) is 5.82 Å². The molecule has 0 saturated carbocycles. The molecule has 2 aromatic carbocycles. The molecule has 7 nitrogen and oxygen atoms in total. The first-order chi connectivity index (χ1) is 13.0. The Morgan fingerprint density at radius 2 is 2.11 bits per heavy atom. The molecule has 2 N–H and O–H groups in total. The Bertz CT molecular complexity index is 951. The third kappa shape index (κ3) is 4.60. The highest BCUT2D eigenvalue weighted by molar-refractivity contribution is 6.42. The fourth-order valence-corrected chi connectivity index (χ4v) is 2.91. The summed E-state index contributed by atoms with van der Waals surface area (Å²) >= 11 is 12.2. The van der Waals surface area contributed by atoms with Crippen molar-refractivity contribution in [3.05, 3.63) is 64.2 Å². The predicted molar refractivity (Wildman–Crippen MR) is 101 cm³/mol. The molecule has 3 aromatic rings. The lowest BCUT2D eigenvalue weighted by Crippen LogP contribution is -2.30. The summed E-state index contributed by atoms with van der Waals surface area (Å²) in [6.45, 7) is 1.81. The summed E-state index contributed by atoms with van der Waals surface area (Å²) in [6, 6.07) is 9.24. The molecule has 10 heteroatoms. The number of halogens is 3. The summed E-state index contributed by atoms with van der Waals surface area (Å²) in [5.74, 6) is -0.973. The normalized spacial score (nSPS) is 12.0. The molecule has 0 aliphatic heterocycles. The molecule has 0 saturated heterocycles. The quantitative estimate of drug-likeness (QED) is 0.652. The van der Waals surface area contributed by atoms with Gasteiger partial charge in [-0.3, -0.25) is 4.79 Å². The van der Waals surface area contributed by atoms with Gasteiger partial charge in [-0.05, 0) is 47.2 Å². The number of nitrogens with zero attached hydrogens (tertiary/aromatic N) is 4. The number of carbonyl (C=O) groups excluding carboxylic acids is 1. The summed E-state index contributed by atoms with van der Waals surface area (Å²) in [7, 11) is 0. The van der Waals surface area contributed by atoms with E-state index >= 15 is 0 Å². The van der Waals surface area contributed by atoms with Crippen LogP contribution in [0.2, 0.25) is 10.0 Å². The minimum Gasteiger partial charge on any atom is -0.322 e. The second kappa shape index (κ2) is 8.43. The average Bonchev–Trinajstić information content (AvgIpc) is 3.18. The van der Waals surface area contributed by atoms with Crippen molar-refractivity contribution in [1.82, 2.24) is 25.5 Å². The molecule has 3 rings (SSSR count). The highest BCUT2D eigenvalue weighted by Gasteiger charge is 2.14. The monoisotopic (exact) mass is 408 g/mol. The Balaban J connectivity index is 1.64. The maximum absolute atomic E-state index is 14.0. The van der Waals surface area contributed by atoms with E-state index in [0.29, 0.717) is 15.7 Å². The minimum absolute atomic E-state index is 0.0308. The van der Waals surface area contributed by atoms with Crippen molar-refractivity contribution in [2.24, 2.45) is 0 Å². The predicted octanol–water partition coefficient (Wildman–Crippen LogP) is 3.40. The van der Waals surface area contributed by atoms with Crippen LogP contribution >= 0.6 is 23.2 Å². The summed E-state index contributed by atoms with van der Waals surface area (Å²) in [6.07, 6.45) is 1.37. The van der Waals surface area contributed by atoms with Gasteiger partial charge in [-0.1, -0.05) is 35.3 Å². The molecule has 0 aliphatic carbocycles. The molecule has 27 heavy (non-hydrogen) atoms. The zero-order valence-electron chi connectivity index (χ0n) is 14.2. The minimum atomic E-state index is -0.564. The molecule has 0 spiro atoms. The van der Waals surface area contributed by atoms with E-state index in [1.165, 1.54) is 29.2 Å². The van der Waals surface area contributed by atoms with Crippen LogP contribution in [-0.4, -0.2) is 32.7 Å². The highest BCUT2D eigenvalue weighted by atomic mass is 35.5. The van der Waals surface area contributed by atoms with Crippen molar-refractivity contribution in [2.45, 2.75) is 13.0 Å². The van der Waals surface area contributed by atoms with E-state index in [0.717, 1.165) is 5.56 Å². The summed E-state index contributed by atoms with van der Waals surface area (Å²) in [4.78, 5) is 12.2. The first-order valence-corrected chi connectivity index (χ1v) is 8.71. The maximum atomic E-state index is 14.0. The number of carbonyl (C=O) groups is 1. The maximum Gasteiger partial charge on any atom is 0.238 e. The number of tetrazole rings is 1. The van der Waals surface area contributed by atoms with Crippen LogP contribution < -0.4 is 10.6 Å². The number of anilines is 1. The van der Waals surface area contributed by atoms with Crippen LogP contribution in [0.5, 0.6) is 0 Å². The van der Waals surface area contributed by atoms with Crippen LogP contribution in [0.4, 0.5) is 10.1 Å². The zero-order chi connectivity index (χ0) is 19.4. The number of hydrogen-bond donors (Lipinski definition) is 2. The third-order valence-electron chi connectivity index (χ3n) is 3.85. The Morgan fingerprint density at radius 1 is 1.30 bits per heavy atom. The third-order valence-corrected chi connectivity index (χ3v) is 4.69. The number of amides is 1. The number of nitrogens with one attached hydrogen (secondary N) is 2. The van der Waals surface area contributed by atoms with E-state index in [-0.39, 0.29) is 18.3 Å². The van der Waals surface area contributed by atoms with E-state index in [4.69, 9.17) is 23.2 Å². The van der Waals surface area contributed by atoms with Crippen LogP contribution in [0.1, 0.15) is 18.5 Å². The zero-order valence-corrected chi connectivity index (χ0v) is 15.7. The van der Waals surface area contributed by atoms with E-state index in [9.17, 15) is 9.18 Å². The summed E-state index contributed by atoms with van der Waals surface area (Å²) in [5, 5.41) is 17.2. The van der Waals surface area contributed by atoms with E-state index in [1.54, 1.807) is 12.1 Å². The Hall–Kier alpha value is -2.55. The van der Waals surface area contributed by atoms with Crippen molar-refractivity contribution in [2.75, 3.05) is 11.9 Å². The lowest BCUT2D eigenvalue weighted by atomic mass is 10.1. The number of aromatic nitrogens is 4. The van der Waals surface area contributed by atoms with Crippen molar-refractivity contribution in [3.63, 3.8) is 0 Å². The van der Waals surface area contributed by atoms with Crippen molar-refractivity contribution in [1.29, 1.82) is 0 Å². The van der Waals surface area contributed by atoms with Gasteiger partial charge in [-0.15, -0.1) is 5.10 Å². The number of hydrogen-bond acceptors (Lipinski definition) is 5. The molecular weight excluding hydrogens is 394 g/mol. The van der Waals surface area contributed by atoms with Crippen LogP contribution in [0.15, 0.2) is 42.7 Å². The van der Waals surface area contributed by atoms with Gasteiger partial charge in [0.25, 0.3) is 0 Å².